The van der Waals surface area contributed by atoms with Gasteiger partial charge in [-0.1, -0.05) is 0 Å². The summed E-state index contributed by atoms with van der Waals surface area (Å²) < 4.78 is -1.49. The van der Waals surface area contributed by atoms with E-state index in [1.807, 2.05) is 5.32 Å². The Hall–Kier alpha value is -2.05. The van der Waals surface area contributed by atoms with Gasteiger partial charge in [0.05, 0.1) is 24.5 Å². The van der Waals surface area contributed by atoms with Crippen molar-refractivity contribution in [2.24, 2.45) is 0 Å². The Balaban J connectivity index is 4.72. The fraction of sp³-hybridized carbons (Fsp3) is 0.583. The zero-order chi connectivity index (χ0) is 19.6. The predicted octanol–water partition coefficient (Wildman–Crippen LogP) is -6.47. The first-order valence-electron chi connectivity index (χ1n) is 6.82. The van der Waals surface area contributed by atoms with Crippen LogP contribution in [0.2, 0.25) is 0 Å². The predicted molar refractivity (Wildman–Crippen MR) is 78.0 cm³/mol. The van der Waals surface area contributed by atoms with Gasteiger partial charge >= 0.3 is 0 Å². The summed E-state index contributed by atoms with van der Waals surface area (Å²) >= 11 is 6.01. The number of carbonyl (C=O) groups is 5. The van der Waals surface area contributed by atoms with Crippen LogP contribution in [0, 0.1) is 0 Å². The largest absolute Gasteiger partial charge is 0.548 e. The van der Waals surface area contributed by atoms with E-state index in [-0.39, 0.29) is 18.6 Å². The quantitative estimate of drug-likeness (QED) is 0.267. The van der Waals surface area contributed by atoms with Gasteiger partial charge in [-0.05, 0) is 0 Å². The molecule has 25 heavy (non-hydrogen) atoms. The molecule has 1 unspecified atom stereocenters. The zero-order valence-corrected chi connectivity index (χ0v) is 14.4. The van der Waals surface area contributed by atoms with Gasteiger partial charge < -0.3 is 46.1 Å². The van der Waals surface area contributed by atoms with E-state index < -0.39 is 53.1 Å². The van der Waals surface area contributed by atoms with Crippen molar-refractivity contribution in [3.8, 4) is 0 Å². The molecule has 0 heterocycles. The van der Waals surface area contributed by atoms with Crippen molar-refractivity contribution in [1.82, 2.24) is 10.6 Å². The summed E-state index contributed by atoms with van der Waals surface area (Å²) in [5.74, 6) is -6.51. The van der Waals surface area contributed by atoms with Gasteiger partial charge in [0.1, 0.15) is 16.8 Å². The van der Waals surface area contributed by atoms with Crippen LogP contribution in [-0.4, -0.2) is 58.8 Å². The zero-order valence-electron chi connectivity index (χ0n) is 12.8. The summed E-state index contributed by atoms with van der Waals surface area (Å²) in [6, 6.07) is -2.43. The number of carbonyl (C=O) groups excluding carboxylic acids is 5. The summed E-state index contributed by atoms with van der Waals surface area (Å²) in [5.41, 5.74) is 3.26. The summed E-state index contributed by atoms with van der Waals surface area (Å²) in [4.78, 5) is 55.1. The van der Waals surface area contributed by atoms with Gasteiger partial charge in [-0.3, -0.25) is 9.59 Å². The van der Waals surface area contributed by atoms with Gasteiger partial charge in [0.25, 0.3) is 0 Å². The van der Waals surface area contributed by atoms with Crippen LogP contribution in [0.5, 0.6) is 0 Å². The third kappa shape index (κ3) is 10.4. The number of halogens is 1. The summed E-state index contributed by atoms with van der Waals surface area (Å²) in [5, 5.41) is 35.6. The minimum Gasteiger partial charge on any atom is -0.548 e. The molecule has 3 atom stereocenters. The molecule has 13 heteroatoms. The van der Waals surface area contributed by atoms with Crippen molar-refractivity contribution in [2.45, 2.75) is 29.6 Å². The van der Waals surface area contributed by atoms with E-state index in [0.29, 0.717) is 11.8 Å². The molecule has 0 aromatic carbocycles. The molecule has 0 spiro atoms. The van der Waals surface area contributed by atoms with Crippen LogP contribution < -0.4 is 31.7 Å². The molecule has 2 amide bonds. The van der Waals surface area contributed by atoms with Crippen molar-refractivity contribution in [1.29, 1.82) is 0 Å². The third-order valence-electron chi connectivity index (χ3n) is 2.71. The number of rotatable bonds is 12. The molecule has 0 aromatic heterocycles. The lowest BCUT2D eigenvalue weighted by atomic mass is 10.1. The molecule has 5 N–H and O–H groups in total. The first-order chi connectivity index (χ1) is 11.5. The summed E-state index contributed by atoms with van der Waals surface area (Å²) in [6.07, 6.45) is -0.437. The van der Waals surface area contributed by atoms with E-state index in [0.717, 1.165) is 0 Å². The number of carboxylic acid groups (broad SMARTS) is 3. The highest BCUT2D eigenvalue weighted by atomic mass is 35.5. The Morgan fingerprint density at radius 1 is 1.08 bits per heavy atom. The van der Waals surface area contributed by atoms with Gasteiger partial charge in [0, 0.05) is 18.6 Å². The molecule has 0 aliphatic heterocycles. The molecule has 0 bridgehead atoms. The van der Waals surface area contributed by atoms with Crippen LogP contribution in [0.15, 0.2) is 0 Å². The summed E-state index contributed by atoms with van der Waals surface area (Å²) in [6.45, 7) is -0.813. The van der Waals surface area contributed by atoms with Crippen LogP contribution in [0.3, 0.4) is 0 Å². The lowest BCUT2D eigenvalue weighted by Crippen LogP contribution is -2.68. The Kier molecular flexibility index (Phi) is 10.6. The van der Waals surface area contributed by atoms with Gasteiger partial charge in [0.15, 0.2) is 0 Å². The molecular weight excluding hydrogens is 382 g/mol. The van der Waals surface area contributed by atoms with E-state index >= 15 is 0 Å². The molecule has 142 valence electrons. The van der Waals surface area contributed by atoms with Gasteiger partial charge in [-0.15, -0.1) is 23.4 Å². The smallest absolute Gasteiger partial charge is 0.243 e. The molecule has 0 radical (unpaired) electrons. The fourth-order valence-corrected chi connectivity index (χ4v) is 2.35. The molecule has 0 saturated carbocycles. The first kappa shape index (κ1) is 22.9. The Morgan fingerprint density at radius 3 is 2.16 bits per heavy atom. The molecule has 0 saturated heterocycles. The minimum absolute atomic E-state index is 0.147. The molecule has 0 rings (SSSR count). The highest BCUT2D eigenvalue weighted by Gasteiger charge is 2.23. The molecule has 0 aromatic rings. The van der Waals surface area contributed by atoms with E-state index in [9.17, 15) is 39.3 Å². The van der Waals surface area contributed by atoms with Gasteiger partial charge in [0.2, 0.25) is 11.8 Å². The number of carboxylic acids is 3. The van der Waals surface area contributed by atoms with Crippen molar-refractivity contribution >= 4 is 53.1 Å². The average molecular weight is 398 g/mol. The van der Waals surface area contributed by atoms with Crippen molar-refractivity contribution in [3.05, 3.63) is 0 Å². The van der Waals surface area contributed by atoms with E-state index in [2.05, 4.69) is 11.1 Å². The number of alkyl halides is 1. The van der Waals surface area contributed by atoms with E-state index in [1.165, 1.54) is 0 Å². The molecule has 11 nitrogen and oxygen atoms in total. The Bertz CT molecular complexity index is 532. The monoisotopic (exact) mass is 397 g/mol. The average Bonchev–Trinajstić information content (AvgIpc) is 2.53. The lowest BCUT2D eigenvalue weighted by molar-refractivity contribution is -0.438. The summed E-state index contributed by atoms with van der Waals surface area (Å²) in [7, 11) is 0. The maximum Gasteiger partial charge on any atom is 0.243 e. The second-order valence-corrected chi connectivity index (χ2v) is 6.57. The van der Waals surface area contributed by atoms with Gasteiger partial charge in [-0.2, -0.15) is 0 Å². The van der Waals surface area contributed by atoms with Crippen LogP contribution in [-0.2, 0) is 24.0 Å². The second kappa shape index (κ2) is 11.5. The van der Waals surface area contributed by atoms with Gasteiger partial charge in [-0.25, -0.2) is 0 Å². The number of amides is 2. The van der Waals surface area contributed by atoms with E-state index in [1.54, 1.807) is 0 Å². The van der Waals surface area contributed by atoms with Crippen LogP contribution >= 0.6 is 23.4 Å². The number of quaternary nitrogens is 1. The second-order valence-electron chi connectivity index (χ2n) is 4.73. The van der Waals surface area contributed by atoms with Crippen LogP contribution in [0.25, 0.3) is 0 Å². The molecular formula is C12H16ClN3O8S-2. The third-order valence-corrected chi connectivity index (χ3v) is 4.27. The van der Waals surface area contributed by atoms with E-state index in [4.69, 9.17) is 11.6 Å². The fourth-order valence-electron chi connectivity index (χ4n) is 1.40. The molecule has 0 fully saturated rings. The number of thioether (sulfide) groups is 1. The first-order valence-corrected chi connectivity index (χ1v) is 8.30. The highest BCUT2D eigenvalue weighted by molar-refractivity contribution is 8.01. The number of hydrogen-bond acceptors (Lipinski definition) is 9. The number of hydrogen-bond donors (Lipinski definition) is 3. The van der Waals surface area contributed by atoms with Crippen LogP contribution in [0.1, 0.15) is 12.8 Å². The maximum atomic E-state index is 11.9. The number of nitrogens with one attached hydrogen (secondary N) is 2. The maximum absolute atomic E-state index is 11.9. The minimum atomic E-state index is -1.60. The number of aliphatic carboxylic acids is 3. The lowest BCUT2D eigenvalue weighted by Gasteiger charge is -2.20. The topological polar surface area (TPSA) is 206 Å². The Morgan fingerprint density at radius 2 is 1.68 bits per heavy atom. The SMILES string of the molecule is [NH3+][C@@H](CCC(=O)N[C@@H](CSC(Cl)C(=O)[O-])C(=O)NCC(=O)[O-])C(=O)[O-]. The molecule has 0 aliphatic rings. The van der Waals surface area contributed by atoms with Crippen LogP contribution in [0.4, 0.5) is 0 Å². The highest BCUT2D eigenvalue weighted by Crippen LogP contribution is 2.15. The van der Waals surface area contributed by atoms with Crippen molar-refractivity contribution in [3.63, 3.8) is 0 Å². The van der Waals surface area contributed by atoms with Crippen molar-refractivity contribution < 1.29 is 45.0 Å². The Labute approximate surface area is 151 Å². The standard InChI is InChI=1S/C12H18ClN3O8S/c13-9(12(23)24)25-4-6(10(20)15-3-8(18)19)16-7(17)2-1-5(14)11(21)22/h5-6,9H,1-4,14H2,(H,15,20)(H,16,17)(H,18,19)(H,21,22)(H,23,24)/p-2/t5-,6-,9?/m0/s1. The molecule has 0 aliphatic carbocycles. The normalized spacial score (nSPS) is 14.0. The van der Waals surface area contributed by atoms with Crippen molar-refractivity contribution in [2.75, 3.05) is 12.3 Å².